The first kappa shape index (κ1) is 13.4. The van der Waals surface area contributed by atoms with Crippen molar-refractivity contribution in [2.24, 2.45) is 17.8 Å². The van der Waals surface area contributed by atoms with Gasteiger partial charge in [-0.05, 0) is 31.7 Å². The summed E-state index contributed by atoms with van der Waals surface area (Å²) in [6.07, 6.45) is 9.28. The average molecular weight is 264 g/mol. The molecule has 0 aromatic rings. The number of hydrogen-bond acceptors (Lipinski definition) is 2. The highest BCUT2D eigenvalue weighted by molar-refractivity contribution is 5.79. The number of carbonyl (C=O) groups excluding carboxylic acids is 1. The smallest absolute Gasteiger partial charge is 0.226 e. The largest absolute Gasteiger partial charge is 0.340 e. The number of nitrogens with zero attached hydrogens (tertiary/aromatic N) is 2. The molecule has 3 heteroatoms. The quantitative estimate of drug-likeness (QED) is 0.726. The van der Waals surface area contributed by atoms with Crippen LogP contribution in [0.4, 0.5) is 0 Å². The molecule has 2 aliphatic carbocycles. The highest BCUT2D eigenvalue weighted by Gasteiger charge is 2.40. The average Bonchev–Trinajstić information content (AvgIpc) is 2.47. The first-order valence-corrected chi connectivity index (χ1v) is 8.23. The number of carbonyl (C=O) groups is 1. The minimum absolute atomic E-state index is 0.363. The van der Waals surface area contributed by atoms with E-state index in [1.165, 1.54) is 38.5 Å². The Morgan fingerprint density at radius 3 is 2.37 bits per heavy atom. The van der Waals surface area contributed by atoms with Crippen LogP contribution in [0.2, 0.25) is 0 Å². The van der Waals surface area contributed by atoms with E-state index in [0.29, 0.717) is 11.8 Å². The standard InChI is InChI=1S/C16H28N2O/c1-17-9-11-18(12-10-17)16(19)15-8-4-6-13-5-2-3-7-14(13)15/h13-15H,2-12H2,1H3/t13-,14+,15+/m0/s1. The number of amides is 1. The van der Waals surface area contributed by atoms with Crippen LogP contribution in [0.3, 0.4) is 0 Å². The first-order valence-electron chi connectivity index (χ1n) is 8.23. The molecule has 0 spiro atoms. The van der Waals surface area contributed by atoms with E-state index in [-0.39, 0.29) is 0 Å². The van der Waals surface area contributed by atoms with E-state index in [2.05, 4.69) is 16.8 Å². The second-order valence-corrected chi connectivity index (χ2v) is 6.87. The summed E-state index contributed by atoms with van der Waals surface area (Å²) in [6, 6.07) is 0. The minimum Gasteiger partial charge on any atom is -0.340 e. The molecule has 3 nitrogen and oxygen atoms in total. The van der Waals surface area contributed by atoms with Gasteiger partial charge >= 0.3 is 0 Å². The third-order valence-electron chi connectivity index (χ3n) is 5.71. The molecule has 0 aromatic heterocycles. The van der Waals surface area contributed by atoms with Gasteiger partial charge in [0.25, 0.3) is 0 Å². The Labute approximate surface area is 117 Å². The second-order valence-electron chi connectivity index (χ2n) is 6.87. The summed E-state index contributed by atoms with van der Waals surface area (Å²) in [4.78, 5) is 17.3. The summed E-state index contributed by atoms with van der Waals surface area (Å²) in [5.74, 6) is 2.44. The van der Waals surface area contributed by atoms with Crippen molar-refractivity contribution in [2.45, 2.75) is 44.9 Å². The predicted molar refractivity (Wildman–Crippen MR) is 76.9 cm³/mol. The van der Waals surface area contributed by atoms with Gasteiger partial charge in [-0.1, -0.05) is 32.1 Å². The molecule has 19 heavy (non-hydrogen) atoms. The summed E-state index contributed by atoms with van der Waals surface area (Å²) >= 11 is 0. The van der Waals surface area contributed by atoms with Crippen LogP contribution >= 0.6 is 0 Å². The molecule has 3 aliphatic rings. The van der Waals surface area contributed by atoms with Crippen molar-refractivity contribution in [3.05, 3.63) is 0 Å². The zero-order valence-corrected chi connectivity index (χ0v) is 12.3. The van der Waals surface area contributed by atoms with Crippen molar-refractivity contribution in [3.63, 3.8) is 0 Å². The molecule has 3 atom stereocenters. The maximum atomic E-state index is 12.8. The van der Waals surface area contributed by atoms with Crippen LogP contribution in [-0.4, -0.2) is 48.9 Å². The first-order chi connectivity index (χ1) is 9.25. The van der Waals surface area contributed by atoms with Crippen LogP contribution in [0, 0.1) is 17.8 Å². The zero-order chi connectivity index (χ0) is 13.2. The van der Waals surface area contributed by atoms with E-state index in [0.717, 1.165) is 44.4 Å². The van der Waals surface area contributed by atoms with Gasteiger partial charge in [0.1, 0.15) is 0 Å². The van der Waals surface area contributed by atoms with E-state index >= 15 is 0 Å². The van der Waals surface area contributed by atoms with Crippen molar-refractivity contribution in [2.75, 3.05) is 33.2 Å². The Bertz CT molecular complexity index is 321. The lowest BCUT2D eigenvalue weighted by atomic mass is 9.65. The van der Waals surface area contributed by atoms with Gasteiger partial charge in [0.15, 0.2) is 0 Å². The Kier molecular flexibility index (Phi) is 4.11. The molecule has 108 valence electrons. The van der Waals surface area contributed by atoms with Crippen LogP contribution < -0.4 is 0 Å². The molecular weight excluding hydrogens is 236 g/mol. The van der Waals surface area contributed by atoms with Crippen LogP contribution in [0.5, 0.6) is 0 Å². The van der Waals surface area contributed by atoms with Gasteiger partial charge in [-0.15, -0.1) is 0 Å². The molecular formula is C16H28N2O. The zero-order valence-electron chi connectivity index (χ0n) is 12.3. The van der Waals surface area contributed by atoms with E-state index in [4.69, 9.17) is 0 Å². The molecule has 0 unspecified atom stereocenters. The lowest BCUT2D eigenvalue weighted by molar-refractivity contribution is -0.142. The molecule has 3 rings (SSSR count). The predicted octanol–water partition coefficient (Wildman–Crippen LogP) is 2.37. The number of fused-ring (bicyclic) bond motifs is 1. The maximum Gasteiger partial charge on any atom is 0.226 e. The molecule has 1 aliphatic heterocycles. The molecule has 1 heterocycles. The van der Waals surface area contributed by atoms with Crippen LogP contribution in [0.1, 0.15) is 44.9 Å². The van der Waals surface area contributed by atoms with Gasteiger partial charge in [0.05, 0.1) is 0 Å². The fraction of sp³-hybridized carbons (Fsp3) is 0.938. The van der Waals surface area contributed by atoms with E-state index in [9.17, 15) is 4.79 Å². The fourth-order valence-electron chi connectivity index (χ4n) is 4.51. The molecule has 0 N–H and O–H groups in total. The number of piperazine rings is 1. The van der Waals surface area contributed by atoms with Gasteiger partial charge in [0.2, 0.25) is 5.91 Å². The molecule has 0 radical (unpaired) electrons. The molecule has 1 amide bonds. The monoisotopic (exact) mass is 264 g/mol. The summed E-state index contributed by atoms with van der Waals surface area (Å²) in [6.45, 7) is 3.99. The van der Waals surface area contributed by atoms with Gasteiger partial charge < -0.3 is 9.80 Å². The Morgan fingerprint density at radius 2 is 1.58 bits per heavy atom. The Balaban J connectivity index is 1.64. The highest BCUT2D eigenvalue weighted by Crippen LogP contribution is 2.44. The molecule has 1 saturated heterocycles. The summed E-state index contributed by atoms with van der Waals surface area (Å²) in [7, 11) is 2.15. The number of likely N-dealkylation sites (N-methyl/N-ethyl adjacent to an activating group) is 1. The lowest BCUT2D eigenvalue weighted by Crippen LogP contribution is -2.51. The summed E-state index contributed by atoms with van der Waals surface area (Å²) in [5, 5.41) is 0. The summed E-state index contributed by atoms with van der Waals surface area (Å²) < 4.78 is 0. The highest BCUT2D eigenvalue weighted by atomic mass is 16.2. The Morgan fingerprint density at radius 1 is 0.895 bits per heavy atom. The van der Waals surface area contributed by atoms with Gasteiger partial charge in [-0.2, -0.15) is 0 Å². The second kappa shape index (κ2) is 5.82. The normalized spacial score (nSPS) is 36.9. The van der Waals surface area contributed by atoms with E-state index in [1.54, 1.807) is 0 Å². The van der Waals surface area contributed by atoms with Crippen LogP contribution in [-0.2, 0) is 4.79 Å². The van der Waals surface area contributed by atoms with Gasteiger partial charge in [-0.25, -0.2) is 0 Å². The Hall–Kier alpha value is -0.570. The number of hydrogen-bond donors (Lipinski definition) is 0. The topological polar surface area (TPSA) is 23.6 Å². The summed E-state index contributed by atoms with van der Waals surface area (Å²) in [5.41, 5.74) is 0. The van der Waals surface area contributed by atoms with Crippen molar-refractivity contribution in [1.29, 1.82) is 0 Å². The molecule has 0 bridgehead atoms. The third kappa shape index (κ3) is 2.81. The number of rotatable bonds is 1. The van der Waals surface area contributed by atoms with Crippen molar-refractivity contribution >= 4 is 5.91 Å². The molecule has 3 fully saturated rings. The fourth-order valence-corrected chi connectivity index (χ4v) is 4.51. The van der Waals surface area contributed by atoms with Crippen LogP contribution in [0.25, 0.3) is 0 Å². The molecule has 2 saturated carbocycles. The van der Waals surface area contributed by atoms with Crippen molar-refractivity contribution < 1.29 is 4.79 Å². The lowest BCUT2D eigenvalue weighted by Gasteiger charge is -2.43. The van der Waals surface area contributed by atoms with Gasteiger partial charge in [0, 0.05) is 32.1 Å². The molecule has 0 aromatic carbocycles. The maximum absolute atomic E-state index is 12.8. The third-order valence-corrected chi connectivity index (χ3v) is 5.71. The SMILES string of the molecule is CN1CCN(C(=O)[C@@H]2CCC[C@@H]3CCCC[C@H]32)CC1. The van der Waals surface area contributed by atoms with Crippen LogP contribution in [0.15, 0.2) is 0 Å². The minimum atomic E-state index is 0.363. The van der Waals surface area contributed by atoms with Gasteiger partial charge in [-0.3, -0.25) is 4.79 Å². The van der Waals surface area contributed by atoms with Crippen molar-refractivity contribution in [1.82, 2.24) is 9.80 Å². The van der Waals surface area contributed by atoms with E-state index < -0.39 is 0 Å². The van der Waals surface area contributed by atoms with Crippen molar-refractivity contribution in [3.8, 4) is 0 Å². The van der Waals surface area contributed by atoms with E-state index in [1.807, 2.05) is 0 Å².